The molecule has 1 N–H and O–H groups in total. The van der Waals surface area contributed by atoms with Crippen LogP contribution in [0.4, 0.5) is 35.9 Å². The number of ether oxygens (including phenoxy) is 3. The third-order valence-electron chi connectivity index (χ3n) is 6.49. The lowest BCUT2D eigenvalue weighted by atomic mass is 9.98. The topological polar surface area (TPSA) is 94.2 Å². The van der Waals surface area contributed by atoms with Crippen molar-refractivity contribution in [3.05, 3.63) is 59.7 Å². The second-order valence-electron chi connectivity index (χ2n) is 11.3. The number of alkyl halides is 6. The zero-order valence-corrected chi connectivity index (χ0v) is 24.4. The molecule has 0 fully saturated rings. The van der Waals surface area contributed by atoms with E-state index < -0.39 is 61.8 Å². The quantitative estimate of drug-likeness (QED) is 0.125. The number of benzene rings is 2. The highest BCUT2D eigenvalue weighted by Gasteiger charge is 2.36. The predicted molar refractivity (Wildman–Crippen MR) is 147 cm³/mol. The molecule has 8 nitrogen and oxygen atoms in total. The second kappa shape index (κ2) is 14.2. The summed E-state index contributed by atoms with van der Waals surface area (Å²) in [5.74, 6) is -1.72. The molecule has 0 aliphatic heterocycles. The van der Waals surface area contributed by atoms with Crippen molar-refractivity contribution in [2.75, 3.05) is 26.3 Å². The number of rotatable bonds is 11. The third-order valence-corrected chi connectivity index (χ3v) is 6.49. The Bertz CT molecular complexity index is 1260. The molecular formula is C30H34F6N2O6. The minimum absolute atomic E-state index is 0.0629. The second-order valence-corrected chi connectivity index (χ2v) is 11.3. The van der Waals surface area contributed by atoms with Crippen LogP contribution in [0.2, 0.25) is 0 Å². The summed E-state index contributed by atoms with van der Waals surface area (Å²) in [6.45, 7) is 0.425. The van der Waals surface area contributed by atoms with Crippen LogP contribution in [-0.4, -0.2) is 73.4 Å². The molecule has 0 saturated carbocycles. The van der Waals surface area contributed by atoms with Crippen molar-refractivity contribution in [3.8, 4) is 11.1 Å². The third kappa shape index (κ3) is 10.6. The van der Waals surface area contributed by atoms with Gasteiger partial charge >= 0.3 is 30.5 Å². The number of nitrogens with zero attached hydrogens (tertiary/aromatic N) is 1. The number of alkyl carbamates (subject to hydrolysis) is 1. The summed E-state index contributed by atoms with van der Waals surface area (Å²) in [4.78, 5) is 37.9. The molecule has 2 amide bonds. The number of halogens is 6. The summed E-state index contributed by atoms with van der Waals surface area (Å²) in [7, 11) is 0. The maximum absolute atomic E-state index is 13.1. The molecule has 14 heteroatoms. The lowest BCUT2D eigenvalue weighted by Gasteiger charge is -2.28. The Balaban J connectivity index is 1.63. The highest BCUT2D eigenvalue weighted by molar-refractivity contribution is 5.82. The van der Waals surface area contributed by atoms with Crippen molar-refractivity contribution in [3.63, 3.8) is 0 Å². The van der Waals surface area contributed by atoms with Gasteiger partial charge in [-0.2, -0.15) is 26.3 Å². The van der Waals surface area contributed by atoms with Gasteiger partial charge in [0.1, 0.15) is 24.8 Å². The molecule has 1 aliphatic carbocycles. The number of esters is 1. The first-order valence-corrected chi connectivity index (χ1v) is 13.8. The Morgan fingerprint density at radius 2 is 1.41 bits per heavy atom. The van der Waals surface area contributed by atoms with Gasteiger partial charge in [0.25, 0.3) is 0 Å². The average molecular weight is 633 g/mol. The van der Waals surface area contributed by atoms with Crippen molar-refractivity contribution < 1.29 is 54.9 Å². The molecule has 3 rings (SSSR count). The van der Waals surface area contributed by atoms with Gasteiger partial charge in [-0.15, -0.1) is 0 Å². The summed E-state index contributed by atoms with van der Waals surface area (Å²) in [5, 5.41) is 2.22. The fraction of sp³-hybridized carbons (Fsp3) is 0.500. The van der Waals surface area contributed by atoms with E-state index in [0.717, 1.165) is 22.3 Å². The van der Waals surface area contributed by atoms with E-state index in [1.54, 1.807) is 0 Å². The number of amides is 2. The van der Waals surface area contributed by atoms with Gasteiger partial charge in [-0.05, 0) is 62.3 Å². The van der Waals surface area contributed by atoms with Crippen LogP contribution in [0.5, 0.6) is 0 Å². The fourth-order valence-corrected chi connectivity index (χ4v) is 4.71. The van der Waals surface area contributed by atoms with E-state index in [4.69, 9.17) is 9.47 Å². The summed E-state index contributed by atoms with van der Waals surface area (Å²) in [6.07, 6.45) is -12.3. The largest absolute Gasteiger partial charge is 0.455 e. The molecule has 1 aliphatic rings. The number of hydrogen-bond donors (Lipinski definition) is 1. The summed E-state index contributed by atoms with van der Waals surface area (Å²) in [5.41, 5.74) is 2.71. The molecule has 0 aromatic heterocycles. The monoisotopic (exact) mass is 632 g/mol. The van der Waals surface area contributed by atoms with Crippen molar-refractivity contribution >= 4 is 18.2 Å². The first-order valence-electron chi connectivity index (χ1n) is 13.8. The summed E-state index contributed by atoms with van der Waals surface area (Å²) < 4.78 is 91.9. The van der Waals surface area contributed by atoms with E-state index in [2.05, 4.69) is 10.1 Å². The summed E-state index contributed by atoms with van der Waals surface area (Å²) >= 11 is 0. The Morgan fingerprint density at radius 3 is 1.93 bits per heavy atom. The zero-order chi connectivity index (χ0) is 32.7. The Kier molecular flexibility index (Phi) is 11.1. The van der Waals surface area contributed by atoms with Gasteiger partial charge in [-0.1, -0.05) is 48.5 Å². The standard InChI is InChI=1S/C30H34F6N2O6/c1-28(2,3)44-27(41)38(17-29(31,32)33)15-9-8-14-24(25(39)43-18-30(34,35)36)37-26(40)42-16-23-21-12-6-4-10-19(21)20-11-5-7-13-22(20)23/h4-7,10-13,23-24H,8-9,14-18H2,1-3H3,(H,37,40). The zero-order valence-electron chi connectivity index (χ0n) is 24.4. The minimum atomic E-state index is -4.82. The van der Waals surface area contributed by atoms with Crippen molar-refractivity contribution in [1.82, 2.24) is 10.2 Å². The number of nitrogens with one attached hydrogen (secondary N) is 1. The van der Waals surface area contributed by atoms with Gasteiger partial charge in [0.15, 0.2) is 6.61 Å². The predicted octanol–water partition coefficient (Wildman–Crippen LogP) is 6.97. The molecule has 1 unspecified atom stereocenters. The van der Waals surface area contributed by atoms with Crippen molar-refractivity contribution in [2.24, 2.45) is 0 Å². The highest BCUT2D eigenvalue weighted by Crippen LogP contribution is 2.44. The summed E-state index contributed by atoms with van der Waals surface area (Å²) in [6, 6.07) is 13.5. The molecule has 242 valence electrons. The van der Waals surface area contributed by atoms with Crippen molar-refractivity contribution in [1.29, 1.82) is 0 Å². The number of fused-ring (bicyclic) bond motifs is 3. The number of carbonyl (C=O) groups excluding carboxylic acids is 3. The van der Waals surface area contributed by atoms with E-state index >= 15 is 0 Å². The smallest absolute Gasteiger partial charge is 0.422 e. The number of hydrogen-bond acceptors (Lipinski definition) is 6. The lowest BCUT2D eigenvalue weighted by Crippen LogP contribution is -2.44. The van der Waals surface area contributed by atoms with Crippen LogP contribution in [0.25, 0.3) is 11.1 Å². The lowest BCUT2D eigenvalue weighted by molar-refractivity contribution is -0.187. The fourth-order valence-electron chi connectivity index (χ4n) is 4.71. The normalized spacial score (nSPS) is 13.8. The Labute approximate surface area is 250 Å². The van der Waals surface area contributed by atoms with Crippen LogP contribution < -0.4 is 5.32 Å². The Morgan fingerprint density at radius 1 is 0.841 bits per heavy atom. The number of carbonyl (C=O) groups is 3. The molecule has 0 heterocycles. The van der Waals surface area contributed by atoms with Crippen LogP contribution in [0.3, 0.4) is 0 Å². The van der Waals surface area contributed by atoms with Gasteiger partial charge in [0, 0.05) is 12.5 Å². The molecule has 0 bridgehead atoms. The van der Waals surface area contributed by atoms with Crippen LogP contribution in [-0.2, 0) is 19.0 Å². The van der Waals surface area contributed by atoms with Crippen LogP contribution in [0.15, 0.2) is 48.5 Å². The number of unbranched alkanes of at least 4 members (excludes halogenated alkanes) is 1. The molecule has 0 radical (unpaired) electrons. The first kappa shape index (κ1) is 34.5. The Hall–Kier alpha value is -3.97. The highest BCUT2D eigenvalue weighted by atomic mass is 19.4. The maximum atomic E-state index is 13.1. The molecule has 0 spiro atoms. The van der Waals surface area contributed by atoms with Gasteiger partial charge in [0.2, 0.25) is 0 Å². The van der Waals surface area contributed by atoms with E-state index in [1.165, 1.54) is 20.8 Å². The van der Waals surface area contributed by atoms with E-state index in [-0.39, 0.29) is 31.8 Å². The molecule has 2 aromatic carbocycles. The average Bonchev–Trinajstić information content (AvgIpc) is 3.23. The molecule has 1 atom stereocenters. The van der Waals surface area contributed by atoms with Gasteiger partial charge in [0.05, 0.1) is 0 Å². The van der Waals surface area contributed by atoms with Gasteiger partial charge in [-0.25, -0.2) is 14.4 Å². The van der Waals surface area contributed by atoms with E-state index in [0.29, 0.717) is 4.90 Å². The maximum Gasteiger partial charge on any atom is 0.422 e. The minimum Gasteiger partial charge on any atom is -0.455 e. The van der Waals surface area contributed by atoms with E-state index in [1.807, 2.05) is 48.5 Å². The SMILES string of the molecule is CC(C)(C)OC(=O)N(CCCCC(NC(=O)OCC1c2ccccc2-c2ccccc21)C(=O)OCC(F)(F)F)CC(F)(F)F. The molecule has 2 aromatic rings. The molecule has 44 heavy (non-hydrogen) atoms. The molecular weight excluding hydrogens is 598 g/mol. The first-order chi connectivity index (χ1) is 20.4. The van der Waals surface area contributed by atoms with Crippen LogP contribution >= 0.6 is 0 Å². The van der Waals surface area contributed by atoms with Crippen molar-refractivity contribution in [2.45, 2.75) is 69.9 Å². The van der Waals surface area contributed by atoms with E-state index in [9.17, 15) is 40.7 Å². The van der Waals surface area contributed by atoms with Gasteiger partial charge < -0.3 is 19.5 Å². The van der Waals surface area contributed by atoms with Gasteiger partial charge in [-0.3, -0.25) is 4.90 Å². The van der Waals surface area contributed by atoms with Crippen LogP contribution in [0.1, 0.15) is 57.1 Å². The molecule has 0 saturated heterocycles. The van der Waals surface area contributed by atoms with Crippen LogP contribution in [0, 0.1) is 0 Å².